The van der Waals surface area contributed by atoms with E-state index in [2.05, 4.69) is 22.9 Å². The second kappa shape index (κ2) is 5.49. The minimum atomic E-state index is -0.479. The second-order valence-corrected chi connectivity index (χ2v) is 6.00. The standard InChI is InChI=1S/C14H18BrFO/c1-9-3-2-4-10(7-9)14(17)12-6-5-11(16)8-13(12)15/h5-6,8-10,14,17H,2-4,7H2,1H3. The van der Waals surface area contributed by atoms with Crippen LogP contribution in [0.5, 0.6) is 0 Å². The van der Waals surface area contributed by atoms with E-state index in [1.807, 2.05) is 0 Å². The molecule has 1 fully saturated rings. The lowest BCUT2D eigenvalue weighted by Crippen LogP contribution is -2.20. The Balaban J connectivity index is 2.15. The quantitative estimate of drug-likeness (QED) is 0.855. The highest BCUT2D eigenvalue weighted by molar-refractivity contribution is 9.10. The summed E-state index contributed by atoms with van der Waals surface area (Å²) in [5, 5.41) is 10.4. The lowest BCUT2D eigenvalue weighted by molar-refractivity contribution is 0.0708. The van der Waals surface area contributed by atoms with Gasteiger partial charge in [-0.3, -0.25) is 0 Å². The monoisotopic (exact) mass is 300 g/mol. The summed E-state index contributed by atoms with van der Waals surface area (Å²) in [5.41, 5.74) is 0.811. The molecule has 2 rings (SSSR count). The minimum absolute atomic E-state index is 0.273. The van der Waals surface area contributed by atoms with Gasteiger partial charge in [0.1, 0.15) is 5.82 Å². The molecule has 0 heterocycles. The molecule has 1 nitrogen and oxygen atoms in total. The van der Waals surface area contributed by atoms with Crippen molar-refractivity contribution in [3.63, 3.8) is 0 Å². The van der Waals surface area contributed by atoms with Crippen molar-refractivity contribution in [3.8, 4) is 0 Å². The first-order valence-electron chi connectivity index (χ1n) is 6.21. The van der Waals surface area contributed by atoms with Gasteiger partial charge in [0.15, 0.2) is 0 Å². The van der Waals surface area contributed by atoms with E-state index in [4.69, 9.17) is 0 Å². The molecule has 17 heavy (non-hydrogen) atoms. The van der Waals surface area contributed by atoms with Gasteiger partial charge in [-0.1, -0.05) is 41.8 Å². The largest absolute Gasteiger partial charge is 0.388 e. The third-order valence-electron chi connectivity index (χ3n) is 3.70. The van der Waals surface area contributed by atoms with E-state index in [0.29, 0.717) is 16.3 Å². The van der Waals surface area contributed by atoms with Crippen LogP contribution in [-0.4, -0.2) is 5.11 Å². The van der Waals surface area contributed by atoms with Crippen molar-refractivity contribution >= 4 is 15.9 Å². The van der Waals surface area contributed by atoms with Crippen molar-refractivity contribution < 1.29 is 9.50 Å². The molecular formula is C14H18BrFO. The van der Waals surface area contributed by atoms with Gasteiger partial charge in [0.25, 0.3) is 0 Å². The van der Waals surface area contributed by atoms with E-state index in [0.717, 1.165) is 18.4 Å². The highest BCUT2D eigenvalue weighted by Gasteiger charge is 2.27. The maximum absolute atomic E-state index is 13.0. The number of aliphatic hydroxyl groups is 1. The third-order valence-corrected chi connectivity index (χ3v) is 4.39. The van der Waals surface area contributed by atoms with Gasteiger partial charge >= 0.3 is 0 Å². The highest BCUT2D eigenvalue weighted by Crippen LogP contribution is 2.39. The van der Waals surface area contributed by atoms with Crippen LogP contribution in [-0.2, 0) is 0 Å². The first-order valence-corrected chi connectivity index (χ1v) is 7.00. The number of rotatable bonds is 2. The van der Waals surface area contributed by atoms with Crippen molar-refractivity contribution in [1.29, 1.82) is 0 Å². The zero-order chi connectivity index (χ0) is 12.4. The first kappa shape index (κ1) is 13.0. The molecular weight excluding hydrogens is 283 g/mol. The topological polar surface area (TPSA) is 20.2 Å². The Bertz CT molecular complexity index is 394. The molecule has 0 amide bonds. The highest BCUT2D eigenvalue weighted by atomic mass is 79.9. The molecule has 0 radical (unpaired) electrons. The van der Waals surface area contributed by atoms with Crippen molar-refractivity contribution in [2.75, 3.05) is 0 Å². The zero-order valence-electron chi connectivity index (χ0n) is 10.00. The van der Waals surface area contributed by atoms with E-state index in [1.165, 1.54) is 25.0 Å². The summed E-state index contributed by atoms with van der Waals surface area (Å²) in [4.78, 5) is 0. The van der Waals surface area contributed by atoms with Gasteiger partial charge in [-0.2, -0.15) is 0 Å². The molecule has 1 aliphatic carbocycles. The molecule has 94 valence electrons. The Morgan fingerprint density at radius 2 is 2.18 bits per heavy atom. The average Bonchev–Trinajstić information content (AvgIpc) is 2.28. The minimum Gasteiger partial charge on any atom is -0.388 e. The lowest BCUT2D eigenvalue weighted by Gasteiger charge is -2.31. The number of benzene rings is 1. The zero-order valence-corrected chi connectivity index (χ0v) is 11.6. The summed E-state index contributed by atoms with van der Waals surface area (Å²) in [5.74, 6) is 0.716. The Hall–Kier alpha value is -0.410. The number of halogens is 2. The van der Waals surface area contributed by atoms with Crippen LogP contribution < -0.4 is 0 Å². The van der Waals surface area contributed by atoms with Gasteiger partial charge in [-0.15, -0.1) is 0 Å². The van der Waals surface area contributed by atoms with Crippen LogP contribution in [0, 0.1) is 17.7 Å². The Morgan fingerprint density at radius 1 is 1.41 bits per heavy atom. The van der Waals surface area contributed by atoms with Crippen LogP contribution >= 0.6 is 15.9 Å². The molecule has 0 bridgehead atoms. The van der Waals surface area contributed by atoms with Crippen LogP contribution in [0.4, 0.5) is 4.39 Å². The molecule has 0 spiro atoms. The molecule has 1 aromatic rings. The molecule has 0 saturated heterocycles. The molecule has 3 heteroatoms. The SMILES string of the molecule is CC1CCCC(C(O)c2ccc(F)cc2Br)C1. The number of hydrogen-bond acceptors (Lipinski definition) is 1. The lowest BCUT2D eigenvalue weighted by atomic mass is 9.78. The van der Waals surface area contributed by atoms with Gasteiger partial charge in [0, 0.05) is 4.47 Å². The van der Waals surface area contributed by atoms with Crippen LogP contribution in [0.15, 0.2) is 22.7 Å². The summed E-state index contributed by atoms with van der Waals surface area (Å²) >= 11 is 3.33. The Morgan fingerprint density at radius 3 is 2.82 bits per heavy atom. The molecule has 1 aliphatic rings. The molecule has 1 aromatic carbocycles. The third kappa shape index (κ3) is 3.08. The Kier molecular flexibility index (Phi) is 4.21. The number of aliphatic hydroxyl groups excluding tert-OH is 1. The van der Waals surface area contributed by atoms with Crippen molar-refractivity contribution in [2.24, 2.45) is 11.8 Å². The van der Waals surface area contributed by atoms with Crippen molar-refractivity contribution in [3.05, 3.63) is 34.1 Å². The van der Waals surface area contributed by atoms with Crippen LogP contribution in [0.3, 0.4) is 0 Å². The molecule has 0 aliphatic heterocycles. The van der Waals surface area contributed by atoms with Crippen molar-refractivity contribution in [2.45, 2.75) is 38.7 Å². The summed E-state index contributed by atoms with van der Waals surface area (Å²) in [6.45, 7) is 2.23. The summed E-state index contributed by atoms with van der Waals surface area (Å²) in [6.07, 6.45) is 4.09. The molecule has 3 atom stereocenters. The fraction of sp³-hybridized carbons (Fsp3) is 0.571. The second-order valence-electron chi connectivity index (χ2n) is 5.14. The predicted octanol–water partition coefficient (Wildman–Crippen LogP) is 4.45. The smallest absolute Gasteiger partial charge is 0.124 e. The van der Waals surface area contributed by atoms with Gasteiger partial charge < -0.3 is 5.11 Å². The van der Waals surface area contributed by atoms with Crippen molar-refractivity contribution in [1.82, 2.24) is 0 Å². The first-order chi connectivity index (χ1) is 8.08. The van der Waals surface area contributed by atoms with E-state index in [1.54, 1.807) is 6.07 Å². The average molecular weight is 301 g/mol. The predicted molar refractivity (Wildman–Crippen MR) is 70.2 cm³/mol. The molecule has 1 N–H and O–H groups in total. The van der Waals surface area contributed by atoms with Crippen LogP contribution in [0.25, 0.3) is 0 Å². The van der Waals surface area contributed by atoms with Gasteiger partial charge in [-0.05, 0) is 42.4 Å². The number of hydrogen-bond donors (Lipinski definition) is 1. The molecule has 1 saturated carbocycles. The maximum atomic E-state index is 13.0. The van der Waals surface area contributed by atoms with E-state index in [9.17, 15) is 9.50 Å². The molecule has 3 unspecified atom stereocenters. The van der Waals surface area contributed by atoms with Gasteiger partial charge in [0.05, 0.1) is 6.10 Å². The summed E-state index contributed by atoms with van der Waals surface area (Å²) in [6, 6.07) is 4.52. The van der Waals surface area contributed by atoms with E-state index in [-0.39, 0.29) is 5.82 Å². The van der Waals surface area contributed by atoms with E-state index < -0.39 is 6.10 Å². The Labute approximate surface area is 110 Å². The fourth-order valence-corrected chi connectivity index (χ4v) is 3.35. The van der Waals surface area contributed by atoms with Crippen LogP contribution in [0.2, 0.25) is 0 Å². The molecule has 0 aromatic heterocycles. The maximum Gasteiger partial charge on any atom is 0.124 e. The van der Waals surface area contributed by atoms with Gasteiger partial charge in [-0.25, -0.2) is 4.39 Å². The fourth-order valence-electron chi connectivity index (χ4n) is 2.76. The summed E-state index contributed by atoms with van der Waals surface area (Å²) in [7, 11) is 0. The van der Waals surface area contributed by atoms with E-state index >= 15 is 0 Å². The normalized spacial score (nSPS) is 26.8. The van der Waals surface area contributed by atoms with Crippen LogP contribution in [0.1, 0.15) is 44.3 Å². The van der Waals surface area contributed by atoms with Gasteiger partial charge in [0.2, 0.25) is 0 Å². The summed E-state index contributed by atoms with van der Waals surface area (Å²) < 4.78 is 13.7.